The van der Waals surface area contributed by atoms with Crippen LogP contribution in [0.5, 0.6) is 5.75 Å². The van der Waals surface area contributed by atoms with Gasteiger partial charge < -0.3 is 14.5 Å². The van der Waals surface area contributed by atoms with Crippen LogP contribution in [-0.4, -0.2) is 6.10 Å². The smallest absolute Gasteiger partial charge is 0.134 e. The summed E-state index contributed by atoms with van der Waals surface area (Å²) in [6, 6.07) is 118. The van der Waals surface area contributed by atoms with Gasteiger partial charge in [0.15, 0.2) is 0 Å². The van der Waals surface area contributed by atoms with Gasteiger partial charge in [-0.3, -0.25) is 0 Å². The normalized spacial score (nSPS) is 14.9. The molecule has 2 aliphatic carbocycles. The molecule has 3 aliphatic rings. The third-order valence-electron chi connectivity index (χ3n) is 20.7. The van der Waals surface area contributed by atoms with E-state index in [4.69, 9.17) is 4.74 Å². The van der Waals surface area contributed by atoms with Crippen molar-refractivity contribution in [1.82, 2.24) is 0 Å². The lowest BCUT2D eigenvalue weighted by atomic mass is 9.66. The van der Waals surface area contributed by atoms with E-state index in [0.717, 1.165) is 89.9 Å². The quantitative estimate of drug-likeness (QED) is 0.113. The van der Waals surface area contributed by atoms with Gasteiger partial charge in [0.25, 0.3) is 0 Å². The third kappa shape index (κ3) is 10.3. The minimum absolute atomic E-state index is 0.0342. The molecule has 0 saturated heterocycles. The van der Waals surface area contributed by atoms with Crippen LogP contribution in [0, 0.1) is 0 Å². The van der Waals surface area contributed by atoms with Gasteiger partial charge in [-0.25, -0.2) is 0 Å². The minimum Gasteiger partial charge on any atom is -0.484 e. The second-order valence-electron chi connectivity index (χ2n) is 28.7. The van der Waals surface area contributed by atoms with E-state index in [1.54, 1.807) is 0 Å². The van der Waals surface area contributed by atoms with Crippen molar-refractivity contribution < 1.29 is 4.74 Å². The molecule has 14 aromatic rings. The van der Waals surface area contributed by atoms with E-state index < -0.39 is 5.41 Å². The summed E-state index contributed by atoms with van der Waals surface area (Å²) in [5.74, 6) is 0.834. The van der Waals surface area contributed by atoms with E-state index in [-0.39, 0.29) is 22.9 Å². The Kier molecular flexibility index (Phi) is 14.7. The molecule has 98 heavy (non-hydrogen) atoms. The molecule has 0 N–H and O–H groups in total. The summed E-state index contributed by atoms with van der Waals surface area (Å²) in [5.41, 5.74) is 25.5. The molecule has 0 radical (unpaired) electrons. The molecule has 472 valence electrons. The summed E-state index contributed by atoms with van der Waals surface area (Å²) in [4.78, 5) is 5.05. The van der Waals surface area contributed by atoms with Crippen LogP contribution in [0.1, 0.15) is 86.4 Å². The summed E-state index contributed by atoms with van der Waals surface area (Å²) >= 11 is 0. The van der Waals surface area contributed by atoms with E-state index in [0.29, 0.717) is 0 Å². The van der Waals surface area contributed by atoms with Crippen molar-refractivity contribution in [2.75, 3.05) is 9.80 Å². The Balaban J connectivity index is 0.984. The maximum Gasteiger partial charge on any atom is 0.134 e. The second kappa shape index (κ2) is 24.0. The largest absolute Gasteiger partial charge is 0.484 e. The molecule has 0 saturated carbocycles. The van der Waals surface area contributed by atoms with E-state index in [1.807, 2.05) is 0 Å². The van der Waals surface area contributed by atoms with Crippen LogP contribution in [0.3, 0.4) is 0 Å². The Labute approximate surface area is 576 Å². The Bertz CT molecular complexity index is 5240. The lowest BCUT2D eigenvalue weighted by Gasteiger charge is -2.36. The first-order valence-corrected chi connectivity index (χ1v) is 34.5. The molecule has 1 heterocycles. The van der Waals surface area contributed by atoms with Crippen LogP contribution < -0.4 is 14.5 Å². The van der Waals surface area contributed by atoms with E-state index in [1.165, 1.54) is 66.1 Å². The summed E-state index contributed by atoms with van der Waals surface area (Å²) in [7, 11) is 0. The van der Waals surface area contributed by atoms with Crippen LogP contribution in [0.4, 0.5) is 34.1 Å². The fourth-order valence-corrected chi connectivity index (χ4v) is 15.9. The number of allylic oxidation sites excluding steroid dienone is 2. The molecular formula is C95H76N2O. The van der Waals surface area contributed by atoms with Crippen molar-refractivity contribution in [2.45, 2.75) is 69.8 Å². The SMILES string of the molecule is CC(C)(C)c1ccc(N(c2cc(-c3ccccc3)cc(-c3ccccc3)c2)c2ccc3c4c(c5ccccc5c3c2)-c2c(cc(N(c3ccc(C(C)(C)C)cc3)c3cc(-c5ccccc5)cc(-c5ccccc5)c3)c3c2OC2C=CC=CC32)C4(c2ccccc2)c2ccccc2)cc1. The molecule has 0 bridgehead atoms. The van der Waals surface area contributed by atoms with Crippen molar-refractivity contribution in [3.8, 4) is 61.4 Å². The first-order chi connectivity index (χ1) is 47.9. The Morgan fingerprint density at radius 2 is 0.724 bits per heavy atom. The van der Waals surface area contributed by atoms with Crippen molar-refractivity contribution in [3.63, 3.8) is 0 Å². The van der Waals surface area contributed by atoms with Gasteiger partial charge in [-0.15, -0.1) is 0 Å². The maximum atomic E-state index is 7.84. The zero-order chi connectivity index (χ0) is 66.3. The van der Waals surface area contributed by atoms with Gasteiger partial charge in [0, 0.05) is 45.5 Å². The highest BCUT2D eigenvalue weighted by Gasteiger charge is 2.53. The van der Waals surface area contributed by atoms with E-state index >= 15 is 0 Å². The lowest BCUT2D eigenvalue weighted by molar-refractivity contribution is 0.270. The number of benzene rings is 14. The number of anilines is 6. The monoisotopic (exact) mass is 1260 g/mol. The van der Waals surface area contributed by atoms with Gasteiger partial charge in [-0.2, -0.15) is 0 Å². The van der Waals surface area contributed by atoms with Crippen LogP contribution in [-0.2, 0) is 16.2 Å². The molecule has 2 unspecified atom stereocenters. The van der Waals surface area contributed by atoms with Crippen LogP contribution in [0.15, 0.2) is 340 Å². The molecule has 3 heteroatoms. The van der Waals surface area contributed by atoms with Crippen molar-refractivity contribution in [1.29, 1.82) is 0 Å². The van der Waals surface area contributed by atoms with Gasteiger partial charge in [0.1, 0.15) is 11.9 Å². The highest BCUT2D eigenvalue weighted by molar-refractivity contribution is 6.21. The molecule has 0 spiro atoms. The third-order valence-corrected chi connectivity index (χ3v) is 20.7. The molecule has 0 amide bonds. The first-order valence-electron chi connectivity index (χ1n) is 34.5. The van der Waals surface area contributed by atoms with Gasteiger partial charge >= 0.3 is 0 Å². The first kappa shape index (κ1) is 60.2. The number of hydrogen-bond donors (Lipinski definition) is 0. The zero-order valence-electron chi connectivity index (χ0n) is 56.3. The Hall–Kier alpha value is -11.5. The topological polar surface area (TPSA) is 15.7 Å². The minimum atomic E-state index is -0.885. The van der Waals surface area contributed by atoms with Crippen molar-refractivity contribution in [3.05, 3.63) is 379 Å². The fraction of sp³-hybridized carbons (Fsp3) is 0.116. The number of hydrogen-bond acceptors (Lipinski definition) is 3. The standard InChI is InChI=1S/C95H76N2O/c1-93(2,3)71-45-49-75(50-46-71)96(78-57-67(63-29-13-7-14-30-63)55-68(58-78)64-31-15-8-16-32-64)77-53-54-82-84(61-77)80-41-25-26-42-81(80)89-90-85(95(91(82)89,73-37-21-11-22-38-73)74-39-23-12-24-40-74)62-86(88-83-43-27-28-44-87(83)98-92(88)90)97(76-51-47-72(48-52-76)94(4,5)6)79-59-69(65-33-17-9-18-34-65)56-70(60-79)66-35-19-10-20-36-66/h7-62,83,87H,1-6H3. The Morgan fingerprint density at radius 3 is 1.19 bits per heavy atom. The highest BCUT2D eigenvalue weighted by Crippen LogP contribution is 2.67. The summed E-state index contributed by atoms with van der Waals surface area (Å²) < 4.78 is 7.84. The van der Waals surface area contributed by atoms with Crippen molar-refractivity contribution >= 4 is 55.7 Å². The number of rotatable bonds is 12. The predicted molar refractivity (Wildman–Crippen MR) is 413 cm³/mol. The lowest BCUT2D eigenvalue weighted by Crippen LogP contribution is -2.29. The summed E-state index contributed by atoms with van der Waals surface area (Å²) in [6.45, 7) is 13.8. The molecule has 17 rings (SSSR count). The number of nitrogens with zero attached hydrogens (tertiary/aromatic N) is 2. The number of ether oxygens (including phenoxy) is 1. The zero-order valence-corrected chi connectivity index (χ0v) is 56.3. The fourth-order valence-electron chi connectivity index (χ4n) is 15.9. The Morgan fingerprint density at radius 1 is 0.316 bits per heavy atom. The van der Waals surface area contributed by atoms with Gasteiger partial charge in [0.2, 0.25) is 0 Å². The average molecular weight is 1260 g/mol. The molecular weight excluding hydrogens is 1190 g/mol. The molecule has 0 aromatic heterocycles. The van der Waals surface area contributed by atoms with Crippen molar-refractivity contribution in [2.24, 2.45) is 0 Å². The predicted octanol–water partition coefficient (Wildman–Crippen LogP) is 25.5. The van der Waals surface area contributed by atoms with E-state index in [9.17, 15) is 0 Å². The van der Waals surface area contributed by atoms with Gasteiger partial charge in [-0.1, -0.05) is 296 Å². The van der Waals surface area contributed by atoms with E-state index in [2.05, 4.69) is 391 Å². The van der Waals surface area contributed by atoms with Crippen LogP contribution >= 0.6 is 0 Å². The van der Waals surface area contributed by atoms with Crippen LogP contribution in [0.25, 0.3) is 77.2 Å². The molecule has 3 nitrogen and oxygen atoms in total. The molecule has 0 fully saturated rings. The average Bonchev–Trinajstić information content (AvgIpc) is 1.49. The summed E-state index contributed by atoms with van der Waals surface area (Å²) in [5, 5.41) is 4.71. The maximum absolute atomic E-state index is 7.84. The van der Waals surface area contributed by atoms with Gasteiger partial charge in [0.05, 0.1) is 11.1 Å². The summed E-state index contributed by atoms with van der Waals surface area (Å²) in [6.07, 6.45) is 8.79. The molecule has 2 atom stereocenters. The highest BCUT2D eigenvalue weighted by atomic mass is 16.5. The molecule has 14 aromatic carbocycles. The second-order valence-corrected chi connectivity index (χ2v) is 28.7. The number of fused-ring (bicyclic) bond motifs is 12. The van der Waals surface area contributed by atoms with Gasteiger partial charge in [-0.05, 0) is 201 Å². The molecule has 1 aliphatic heterocycles. The van der Waals surface area contributed by atoms with Crippen LogP contribution in [0.2, 0.25) is 0 Å².